The van der Waals surface area contributed by atoms with Crippen molar-refractivity contribution in [2.45, 2.75) is 38.6 Å². The molecule has 8 heteroatoms. The highest BCUT2D eigenvalue weighted by Crippen LogP contribution is 2.31. The number of amides is 1. The Labute approximate surface area is 156 Å². The molecule has 0 bridgehead atoms. The van der Waals surface area contributed by atoms with Crippen LogP contribution < -0.4 is 5.32 Å². The van der Waals surface area contributed by atoms with Crippen LogP contribution in [0.5, 0.6) is 0 Å². The molecule has 134 valence electrons. The van der Waals surface area contributed by atoms with E-state index in [4.69, 9.17) is 11.6 Å². The Bertz CT molecular complexity index is 941. The molecule has 1 aliphatic carbocycles. The highest BCUT2D eigenvalue weighted by Gasteiger charge is 2.22. The lowest BCUT2D eigenvalue weighted by Crippen LogP contribution is -2.19. The van der Waals surface area contributed by atoms with Crippen molar-refractivity contribution in [1.29, 1.82) is 0 Å². The predicted octanol–water partition coefficient (Wildman–Crippen LogP) is 3.79. The zero-order chi connectivity index (χ0) is 18.1. The zero-order valence-corrected chi connectivity index (χ0v) is 15.1. The first-order valence-electron chi connectivity index (χ1n) is 8.66. The normalized spacial score (nSPS) is 14.7. The lowest BCUT2D eigenvalue weighted by Gasteiger charge is -2.14. The summed E-state index contributed by atoms with van der Waals surface area (Å²) in [4.78, 5) is 14.1. The summed E-state index contributed by atoms with van der Waals surface area (Å²) in [6, 6.07) is 9.34. The lowest BCUT2D eigenvalue weighted by molar-refractivity contribution is 0.102. The number of anilines is 1. The van der Waals surface area contributed by atoms with Gasteiger partial charge in [-0.1, -0.05) is 30.5 Å². The number of nitrogens with one attached hydrogen (secondary N) is 1. The van der Waals surface area contributed by atoms with Gasteiger partial charge in [-0.15, -0.1) is 5.10 Å². The van der Waals surface area contributed by atoms with E-state index in [1.54, 1.807) is 25.3 Å². The van der Waals surface area contributed by atoms with Crippen LogP contribution in [-0.4, -0.2) is 30.7 Å². The molecule has 0 unspecified atom stereocenters. The fourth-order valence-electron chi connectivity index (χ4n) is 3.33. The first-order valence-corrected chi connectivity index (χ1v) is 9.04. The van der Waals surface area contributed by atoms with E-state index in [-0.39, 0.29) is 11.6 Å². The number of nitrogens with zero attached hydrogens (tertiary/aromatic N) is 5. The van der Waals surface area contributed by atoms with Crippen LogP contribution >= 0.6 is 11.6 Å². The molecule has 0 saturated heterocycles. The summed E-state index contributed by atoms with van der Waals surface area (Å²) in [6.45, 7) is 1.76. The van der Waals surface area contributed by atoms with Gasteiger partial charge in [0.05, 0.1) is 23.6 Å². The Balaban J connectivity index is 1.57. The highest BCUT2D eigenvalue weighted by molar-refractivity contribution is 6.30. The highest BCUT2D eigenvalue weighted by atomic mass is 35.5. The van der Waals surface area contributed by atoms with Crippen molar-refractivity contribution in [3.8, 4) is 5.69 Å². The van der Waals surface area contributed by atoms with E-state index in [1.165, 1.54) is 17.6 Å². The van der Waals surface area contributed by atoms with Gasteiger partial charge < -0.3 is 5.32 Å². The number of carbonyl (C=O) groups is 1. The minimum absolute atomic E-state index is 0.282. The van der Waals surface area contributed by atoms with Crippen molar-refractivity contribution in [2.75, 3.05) is 5.32 Å². The van der Waals surface area contributed by atoms with Crippen LogP contribution in [0.15, 0.2) is 36.5 Å². The average Bonchev–Trinajstić information content (AvgIpc) is 3.34. The Morgan fingerprint density at radius 3 is 2.81 bits per heavy atom. The van der Waals surface area contributed by atoms with Gasteiger partial charge in [-0.25, -0.2) is 4.68 Å². The molecule has 4 rings (SSSR count). The number of hydrogen-bond donors (Lipinski definition) is 1. The van der Waals surface area contributed by atoms with Crippen molar-refractivity contribution in [2.24, 2.45) is 0 Å². The minimum Gasteiger partial charge on any atom is -0.305 e. The maximum absolute atomic E-state index is 12.7. The predicted molar refractivity (Wildman–Crippen MR) is 98.8 cm³/mol. The average molecular weight is 371 g/mol. The zero-order valence-electron chi connectivity index (χ0n) is 14.4. The molecule has 1 saturated carbocycles. The molecule has 0 atom stereocenters. The summed E-state index contributed by atoms with van der Waals surface area (Å²) in [5.41, 5.74) is 1.54. The fraction of sp³-hybridized carbons (Fsp3) is 0.333. The lowest BCUT2D eigenvalue weighted by atomic mass is 10.2. The number of aromatic nitrogens is 5. The third-order valence-corrected chi connectivity index (χ3v) is 4.85. The van der Waals surface area contributed by atoms with Gasteiger partial charge in [-0.2, -0.15) is 15.0 Å². The maximum atomic E-state index is 12.7. The molecule has 1 fully saturated rings. The smallest absolute Gasteiger partial charge is 0.279 e. The number of benzene rings is 1. The molecule has 1 N–H and O–H groups in total. The van der Waals surface area contributed by atoms with Crippen molar-refractivity contribution in [3.63, 3.8) is 0 Å². The number of aryl methyl sites for hydroxylation is 1. The van der Waals surface area contributed by atoms with Crippen molar-refractivity contribution >= 4 is 23.3 Å². The third-order valence-electron chi connectivity index (χ3n) is 4.62. The summed E-state index contributed by atoms with van der Waals surface area (Å²) >= 11 is 6.02. The Hall–Kier alpha value is -2.67. The van der Waals surface area contributed by atoms with Crippen LogP contribution in [0.2, 0.25) is 5.02 Å². The summed E-state index contributed by atoms with van der Waals surface area (Å²) in [5.74, 6) is 0.397. The molecule has 1 aliphatic rings. The maximum Gasteiger partial charge on any atom is 0.279 e. The van der Waals surface area contributed by atoms with E-state index < -0.39 is 0 Å². The minimum atomic E-state index is -0.296. The monoisotopic (exact) mass is 370 g/mol. The fourth-order valence-corrected chi connectivity index (χ4v) is 3.52. The SMILES string of the molecule is Cc1nn(-c2cccc(Cl)c2)nc1C(=O)Nc1ccnn1C1CCCC1. The molecule has 1 aromatic carbocycles. The summed E-state index contributed by atoms with van der Waals surface area (Å²) < 4.78 is 1.90. The molecule has 7 nitrogen and oxygen atoms in total. The molecule has 26 heavy (non-hydrogen) atoms. The summed E-state index contributed by atoms with van der Waals surface area (Å²) in [6.07, 6.45) is 6.29. The molecular formula is C18H19ClN6O. The Kier molecular flexibility index (Phi) is 4.46. The summed E-state index contributed by atoms with van der Waals surface area (Å²) in [7, 11) is 0. The van der Waals surface area contributed by atoms with Crippen molar-refractivity contribution < 1.29 is 4.79 Å². The van der Waals surface area contributed by atoms with Gasteiger partial charge in [-0.3, -0.25) is 4.79 Å². The summed E-state index contributed by atoms with van der Waals surface area (Å²) in [5, 5.41) is 16.6. The van der Waals surface area contributed by atoms with Crippen LogP contribution in [0.4, 0.5) is 5.82 Å². The van der Waals surface area contributed by atoms with Gasteiger partial charge in [0.2, 0.25) is 0 Å². The van der Waals surface area contributed by atoms with E-state index in [0.717, 1.165) is 12.8 Å². The van der Waals surface area contributed by atoms with E-state index >= 15 is 0 Å². The van der Waals surface area contributed by atoms with Gasteiger partial charge in [0, 0.05) is 11.1 Å². The quantitative estimate of drug-likeness (QED) is 0.757. The second-order valence-electron chi connectivity index (χ2n) is 6.46. The first-order chi connectivity index (χ1) is 12.6. The van der Waals surface area contributed by atoms with E-state index in [9.17, 15) is 4.79 Å². The van der Waals surface area contributed by atoms with Crippen LogP contribution in [0.1, 0.15) is 47.9 Å². The number of halogens is 1. The molecule has 0 spiro atoms. The Morgan fingerprint density at radius 2 is 2.04 bits per heavy atom. The number of carbonyl (C=O) groups excluding carboxylic acids is 1. The van der Waals surface area contributed by atoms with Crippen molar-refractivity contribution in [3.05, 3.63) is 52.9 Å². The standard InChI is InChI=1S/C18H19ClN6O/c1-12-17(23-25(22-12)15-8-4-5-13(19)11-15)18(26)21-16-9-10-20-24(16)14-6-2-3-7-14/h4-5,8-11,14H,2-3,6-7H2,1H3,(H,21,26). The third kappa shape index (κ3) is 3.22. The van der Waals surface area contributed by atoms with Crippen LogP contribution in [-0.2, 0) is 0 Å². The largest absolute Gasteiger partial charge is 0.305 e. The molecule has 0 aliphatic heterocycles. The van der Waals surface area contributed by atoms with Crippen LogP contribution in [0.25, 0.3) is 5.69 Å². The number of hydrogen-bond acceptors (Lipinski definition) is 4. The van der Waals surface area contributed by atoms with E-state index in [1.807, 2.05) is 22.9 Å². The second kappa shape index (κ2) is 6.92. The Morgan fingerprint density at radius 1 is 1.23 bits per heavy atom. The van der Waals surface area contributed by atoms with Gasteiger partial charge >= 0.3 is 0 Å². The van der Waals surface area contributed by atoms with E-state index in [2.05, 4.69) is 20.6 Å². The topological polar surface area (TPSA) is 77.6 Å². The molecule has 3 aromatic rings. The molecule has 2 aromatic heterocycles. The van der Waals surface area contributed by atoms with Gasteiger partial charge in [0.15, 0.2) is 5.69 Å². The molecule has 0 radical (unpaired) electrons. The molecular weight excluding hydrogens is 352 g/mol. The van der Waals surface area contributed by atoms with E-state index in [0.29, 0.717) is 28.3 Å². The molecule has 2 heterocycles. The van der Waals surface area contributed by atoms with Gasteiger partial charge in [-0.05, 0) is 38.0 Å². The van der Waals surface area contributed by atoms with Crippen LogP contribution in [0, 0.1) is 6.92 Å². The van der Waals surface area contributed by atoms with Gasteiger partial charge in [0.1, 0.15) is 5.82 Å². The first kappa shape index (κ1) is 16.8. The van der Waals surface area contributed by atoms with Crippen LogP contribution in [0.3, 0.4) is 0 Å². The number of rotatable bonds is 4. The van der Waals surface area contributed by atoms with Gasteiger partial charge in [0.25, 0.3) is 5.91 Å². The second-order valence-corrected chi connectivity index (χ2v) is 6.89. The molecule has 1 amide bonds. The van der Waals surface area contributed by atoms with Crippen molar-refractivity contribution in [1.82, 2.24) is 24.8 Å².